The number of nitrogens with one attached hydrogen (secondary N) is 2. The number of pyridine rings is 1. The maximum absolute atomic E-state index is 13.1. The van der Waals surface area contributed by atoms with Gasteiger partial charge < -0.3 is 5.32 Å². The minimum absolute atomic E-state index is 0.00149. The van der Waals surface area contributed by atoms with Crippen molar-refractivity contribution in [3.05, 3.63) is 94.9 Å². The molecule has 0 bridgehead atoms. The highest BCUT2D eigenvalue weighted by atomic mass is 35.5. The van der Waals surface area contributed by atoms with E-state index in [9.17, 15) is 18.0 Å². The van der Waals surface area contributed by atoms with Crippen LogP contribution in [0.4, 0.5) is 18.9 Å². The Bertz CT molecular complexity index is 1240. The van der Waals surface area contributed by atoms with Crippen molar-refractivity contribution in [2.75, 3.05) is 5.32 Å². The third-order valence-corrected chi connectivity index (χ3v) is 5.12. The van der Waals surface area contributed by atoms with Crippen LogP contribution in [0.25, 0.3) is 5.65 Å². The van der Waals surface area contributed by atoms with E-state index in [2.05, 4.69) is 20.8 Å². The van der Waals surface area contributed by atoms with Crippen LogP contribution in [0, 0.1) is 0 Å². The van der Waals surface area contributed by atoms with Crippen LogP contribution in [0.1, 0.15) is 23.0 Å². The predicted molar refractivity (Wildman–Crippen MR) is 114 cm³/mol. The van der Waals surface area contributed by atoms with Crippen molar-refractivity contribution in [1.29, 1.82) is 0 Å². The average Bonchev–Trinajstić information content (AvgIpc) is 3.18. The van der Waals surface area contributed by atoms with Crippen LogP contribution >= 0.6 is 11.6 Å². The monoisotopic (exact) mass is 459 g/mol. The second-order valence-electron chi connectivity index (χ2n) is 6.95. The summed E-state index contributed by atoms with van der Waals surface area (Å²) in [5.41, 5.74) is 0.251. The smallest absolute Gasteiger partial charge is 0.323 e. The van der Waals surface area contributed by atoms with Crippen LogP contribution in [0.5, 0.6) is 0 Å². The average molecular weight is 460 g/mol. The topological polar surface area (TPSA) is 71.3 Å². The highest BCUT2D eigenvalue weighted by Gasteiger charge is 2.31. The summed E-state index contributed by atoms with van der Waals surface area (Å²) in [6.07, 6.45) is -2.76. The molecule has 4 aromatic rings. The maximum Gasteiger partial charge on any atom is 0.416 e. The number of halogens is 4. The SMILES string of the molecule is O=C(Nc1cc(C(F)(F)F)ccc1Cl)[C@H](NCc1nnc2ccccn12)c1ccccc1. The lowest BCUT2D eigenvalue weighted by Crippen LogP contribution is -2.33. The number of benzene rings is 2. The number of anilines is 1. The van der Waals surface area contributed by atoms with Gasteiger partial charge in [-0.25, -0.2) is 0 Å². The summed E-state index contributed by atoms with van der Waals surface area (Å²) in [5.74, 6) is 0.0117. The summed E-state index contributed by atoms with van der Waals surface area (Å²) in [4.78, 5) is 13.1. The molecule has 32 heavy (non-hydrogen) atoms. The Hall–Kier alpha value is -3.43. The summed E-state index contributed by atoms with van der Waals surface area (Å²) in [5, 5.41) is 13.8. The standard InChI is InChI=1S/C22H17ClF3N5O/c23-16-10-9-15(22(24,25)26)12-17(16)28-21(32)20(14-6-2-1-3-7-14)27-13-19-30-29-18-8-4-5-11-31(18)19/h1-12,20,27H,13H2,(H,28,32)/t20-/m1/s1. The molecule has 4 rings (SSSR count). The molecule has 164 valence electrons. The molecule has 0 saturated heterocycles. The van der Waals surface area contributed by atoms with Crippen molar-refractivity contribution in [3.63, 3.8) is 0 Å². The van der Waals surface area contributed by atoms with Gasteiger partial charge in [0.2, 0.25) is 5.91 Å². The molecule has 0 aliphatic heterocycles. The van der Waals surface area contributed by atoms with Gasteiger partial charge >= 0.3 is 6.18 Å². The Balaban J connectivity index is 1.59. The second kappa shape index (κ2) is 8.97. The number of fused-ring (bicyclic) bond motifs is 1. The first-order chi connectivity index (χ1) is 15.3. The predicted octanol–water partition coefficient (Wildman–Crippen LogP) is 4.87. The van der Waals surface area contributed by atoms with Gasteiger partial charge in [-0.15, -0.1) is 10.2 Å². The minimum atomic E-state index is -4.56. The van der Waals surface area contributed by atoms with E-state index in [1.807, 2.05) is 12.1 Å². The van der Waals surface area contributed by atoms with Crippen LogP contribution in [0.3, 0.4) is 0 Å². The molecule has 0 fully saturated rings. The van der Waals surface area contributed by atoms with Crippen molar-refractivity contribution in [1.82, 2.24) is 19.9 Å². The number of carbonyl (C=O) groups is 1. The van der Waals surface area contributed by atoms with E-state index >= 15 is 0 Å². The van der Waals surface area contributed by atoms with Gasteiger partial charge in [0, 0.05) is 6.20 Å². The highest BCUT2D eigenvalue weighted by Crippen LogP contribution is 2.34. The first kappa shape index (κ1) is 21.8. The molecule has 0 saturated carbocycles. The van der Waals surface area contributed by atoms with E-state index in [4.69, 9.17) is 11.6 Å². The largest absolute Gasteiger partial charge is 0.416 e. The van der Waals surface area contributed by atoms with Crippen LogP contribution in [-0.4, -0.2) is 20.5 Å². The van der Waals surface area contributed by atoms with Crippen LogP contribution in [0.15, 0.2) is 72.9 Å². The normalized spacial score (nSPS) is 12.6. The number of rotatable bonds is 6. The molecule has 2 aromatic carbocycles. The molecule has 1 atom stereocenters. The van der Waals surface area contributed by atoms with Crippen molar-refractivity contribution in [2.45, 2.75) is 18.8 Å². The van der Waals surface area contributed by atoms with Gasteiger partial charge in [-0.05, 0) is 35.9 Å². The molecule has 2 heterocycles. The van der Waals surface area contributed by atoms with E-state index in [-0.39, 0.29) is 17.3 Å². The van der Waals surface area contributed by atoms with Gasteiger partial charge in [-0.2, -0.15) is 13.2 Å². The number of carbonyl (C=O) groups excluding carboxylic acids is 1. The summed E-state index contributed by atoms with van der Waals surface area (Å²) >= 11 is 6.04. The number of alkyl halides is 3. The summed E-state index contributed by atoms with van der Waals surface area (Å²) in [7, 11) is 0. The van der Waals surface area contributed by atoms with Crippen molar-refractivity contribution in [2.24, 2.45) is 0 Å². The Morgan fingerprint density at radius 3 is 2.53 bits per heavy atom. The Kier molecular flexibility index (Phi) is 6.11. The second-order valence-corrected chi connectivity index (χ2v) is 7.36. The van der Waals surface area contributed by atoms with Gasteiger partial charge in [-0.1, -0.05) is 48.0 Å². The lowest BCUT2D eigenvalue weighted by atomic mass is 10.1. The van der Waals surface area contributed by atoms with Crippen LogP contribution in [0.2, 0.25) is 5.02 Å². The maximum atomic E-state index is 13.1. The Morgan fingerprint density at radius 1 is 1.03 bits per heavy atom. The van der Waals surface area contributed by atoms with E-state index in [1.165, 1.54) is 0 Å². The fourth-order valence-corrected chi connectivity index (χ4v) is 3.38. The van der Waals surface area contributed by atoms with Crippen molar-refractivity contribution in [3.8, 4) is 0 Å². The van der Waals surface area contributed by atoms with Crippen molar-refractivity contribution >= 4 is 28.8 Å². The molecular formula is C22H17ClF3N5O. The molecule has 2 N–H and O–H groups in total. The van der Waals surface area contributed by atoms with Gasteiger partial charge in [0.25, 0.3) is 0 Å². The lowest BCUT2D eigenvalue weighted by Gasteiger charge is -2.19. The first-order valence-electron chi connectivity index (χ1n) is 9.57. The number of hydrogen-bond donors (Lipinski definition) is 2. The molecule has 0 radical (unpaired) electrons. The lowest BCUT2D eigenvalue weighted by molar-refractivity contribution is -0.137. The van der Waals surface area contributed by atoms with Gasteiger partial charge in [0.05, 0.1) is 22.8 Å². The molecule has 0 spiro atoms. The van der Waals surface area contributed by atoms with Gasteiger partial charge in [-0.3, -0.25) is 14.5 Å². The zero-order chi connectivity index (χ0) is 22.7. The summed E-state index contributed by atoms with van der Waals surface area (Å²) in [6, 6.07) is 16.2. The molecule has 10 heteroatoms. The highest BCUT2D eigenvalue weighted by molar-refractivity contribution is 6.33. The quantitative estimate of drug-likeness (QED) is 0.431. The number of hydrogen-bond acceptors (Lipinski definition) is 4. The molecule has 0 unspecified atom stereocenters. The zero-order valence-corrected chi connectivity index (χ0v) is 17.2. The van der Waals surface area contributed by atoms with E-state index in [0.29, 0.717) is 17.0 Å². The third-order valence-electron chi connectivity index (χ3n) is 4.80. The Labute approximate surface area is 186 Å². The van der Waals surface area contributed by atoms with Crippen molar-refractivity contribution < 1.29 is 18.0 Å². The van der Waals surface area contributed by atoms with E-state index in [0.717, 1.165) is 18.2 Å². The Morgan fingerprint density at radius 2 is 1.78 bits per heavy atom. The van der Waals surface area contributed by atoms with Crippen LogP contribution in [-0.2, 0) is 17.5 Å². The van der Waals surface area contributed by atoms with Gasteiger partial charge in [0.15, 0.2) is 11.5 Å². The van der Waals surface area contributed by atoms with E-state index < -0.39 is 23.7 Å². The number of amides is 1. The minimum Gasteiger partial charge on any atom is -0.323 e. The fraction of sp³-hybridized carbons (Fsp3) is 0.136. The molecule has 0 aliphatic rings. The first-order valence-corrected chi connectivity index (χ1v) is 9.95. The molecule has 0 aliphatic carbocycles. The fourth-order valence-electron chi connectivity index (χ4n) is 3.21. The molecule has 6 nitrogen and oxygen atoms in total. The van der Waals surface area contributed by atoms with Gasteiger partial charge in [0.1, 0.15) is 6.04 Å². The number of nitrogens with zero attached hydrogens (tertiary/aromatic N) is 3. The molecular weight excluding hydrogens is 443 g/mol. The summed E-state index contributed by atoms with van der Waals surface area (Å²) < 4.78 is 41.0. The van der Waals surface area contributed by atoms with E-state index in [1.54, 1.807) is 47.0 Å². The molecule has 1 amide bonds. The molecule has 2 aromatic heterocycles. The number of aromatic nitrogens is 3. The summed E-state index contributed by atoms with van der Waals surface area (Å²) in [6.45, 7) is 0.189. The third kappa shape index (κ3) is 4.74. The van der Waals surface area contributed by atoms with Crippen LogP contribution < -0.4 is 10.6 Å². The zero-order valence-electron chi connectivity index (χ0n) is 16.5.